The lowest BCUT2D eigenvalue weighted by atomic mass is 10.1. The highest BCUT2D eigenvalue weighted by atomic mass is 16.5. The van der Waals surface area contributed by atoms with E-state index in [2.05, 4.69) is 4.98 Å². The SMILES string of the molecule is CO[C@@H]1C[C@@H](CO)N(C(=O)c2cccc(Cn3ccnc3)c2)C1. The van der Waals surface area contributed by atoms with Crippen LogP contribution < -0.4 is 0 Å². The minimum atomic E-state index is -0.176. The summed E-state index contributed by atoms with van der Waals surface area (Å²) < 4.78 is 7.29. The number of imidazole rings is 1. The van der Waals surface area contributed by atoms with Gasteiger partial charge in [-0.05, 0) is 24.1 Å². The number of aromatic nitrogens is 2. The molecule has 23 heavy (non-hydrogen) atoms. The van der Waals surface area contributed by atoms with Gasteiger partial charge in [0.25, 0.3) is 5.91 Å². The molecule has 0 unspecified atom stereocenters. The molecular weight excluding hydrogens is 294 g/mol. The van der Waals surface area contributed by atoms with Crippen LogP contribution in [0.1, 0.15) is 22.3 Å². The van der Waals surface area contributed by atoms with Crippen molar-refractivity contribution in [2.45, 2.75) is 25.1 Å². The summed E-state index contributed by atoms with van der Waals surface area (Å²) >= 11 is 0. The molecule has 0 aliphatic carbocycles. The highest BCUT2D eigenvalue weighted by molar-refractivity contribution is 5.94. The monoisotopic (exact) mass is 315 g/mol. The zero-order valence-electron chi connectivity index (χ0n) is 13.1. The summed E-state index contributed by atoms with van der Waals surface area (Å²) in [7, 11) is 1.64. The predicted octanol–water partition coefficient (Wildman–Crippen LogP) is 1.15. The van der Waals surface area contributed by atoms with E-state index in [1.165, 1.54) is 0 Å². The average Bonchev–Trinajstić information content (AvgIpc) is 3.23. The third kappa shape index (κ3) is 3.43. The maximum atomic E-state index is 12.8. The lowest BCUT2D eigenvalue weighted by Crippen LogP contribution is -2.38. The van der Waals surface area contributed by atoms with Crippen molar-refractivity contribution in [3.63, 3.8) is 0 Å². The van der Waals surface area contributed by atoms with E-state index in [-0.39, 0.29) is 24.7 Å². The van der Waals surface area contributed by atoms with E-state index in [4.69, 9.17) is 4.74 Å². The van der Waals surface area contributed by atoms with E-state index in [9.17, 15) is 9.90 Å². The fourth-order valence-corrected chi connectivity index (χ4v) is 3.03. The van der Waals surface area contributed by atoms with E-state index in [1.54, 1.807) is 24.5 Å². The molecule has 1 aromatic heterocycles. The fraction of sp³-hybridized carbons (Fsp3) is 0.412. The van der Waals surface area contributed by atoms with Gasteiger partial charge in [-0.1, -0.05) is 12.1 Å². The minimum absolute atomic E-state index is 0.00905. The van der Waals surface area contributed by atoms with Crippen molar-refractivity contribution in [3.8, 4) is 0 Å². The Hall–Kier alpha value is -2.18. The summed E-state index contributed by atoms with van der Waals surface area (Å²) in [5.41, 5.74) is 1.68. The first-order valence-electron chi connectivity index (χ1n) is 7.70. The smallest absolute Gasteiger partial charge is 0.254 e. The highest BCUT2D eigenvalue weighted by Gasteiger charge is 2.35. The second-order valence-corrected chi connectivity index (χ2v) is 5.82. The number of aliphatic hydroxyl groups excluding tert-OH is 1. The van der Waals surface area contributed by atoms with Gasteiger partial charge in [0.2, 0.25) is 0 Å². The number of hydrogen-bond donors (Lipinski definition) is 1. The fourth-order valence-electron chi connectivity index (χ4n) is 3.03. The van der Waals surface area contributed by atoms with E-state index < -0.39 is 0 Å². The number of hydrogen-bond acceptors (Lipinski definition) is 4. The van der Waals surface area contributed by atoms with Crippen LogP contribution in [0.3, 0.4) is 0 Å². The molecule has 122 valence electrons. The summed E-state index contributed by atoms with van der Waals surface area (Å²) in [5, 5.41) is 9.51. The van der Waals surface area contributed by atoms with Gasteiger partial charge in [0, 0.05) is 38.2 Å². The van der Waals surface area contributed by atoms with Crippen molar-refractivity contribution >= 4 is 5.91 Å². The van der Waals surface area contributed by atoms with Crippen LogP contribution in [0.5, 0.6) is 0 Å². The van der Waals surface area contributed by atoms with E-state index in [1.807, 2.05) is 35.0 Å². The number of carbonyl (C=O) groups excluding carboxylic acids is 1. The highest BCUT2D eigenvalue weighted by Crippen LogP contribution is 2.22. The van der Waals surface area contributed by atoms with Gasteiger partial charge in [-0.25, -0.2) is 4.98 Å². The van der Waals surface area contributed by atoms with Crippen LogP contribution in [0.25, 0.3) is 0 Å². The lowest BCUT2D eigenvalue weighted by molar-refractivity contribution is 0.0647. The third-order valence-corrected chi connectivity index (χ3v) is 4.28. The van der Waals surface area contributed by atoms with Crippen LogP contribution in [0.2, 0.25) is 0 Å². The Bertz CT molecular complexity index is 657. The van der Waals surface area contributed by atoms with Crippen molar-refractivity contribution in [2.24, 2.45) is 0 Å². The molecule has 0 spiro atoms. The van der Waals surface area contributed by atoms with Gasteiger partial charge >= 0.3 is 0 Å². The lowest BCUT2D eigenvalue weighted by Gasteiger charge is -2.23. The Labute approximate surface area is 135 Å². The van der Waals surface area contributed by atoms with Crippen LogP contribution in [0, 0.1) is 0 Å². The first-order chi connectivity index (χ1) is 11.2. The number of aliphatic hydroxyl groups is 1. The van der Waals surface area contributed by atoms with Crippen LogP contribution >= 0.6 is 0 Å². The van der Waals surface area contributed by atoms with Gasteiger partial charge in [-0.3, -0.25) is 4.79 Å². The second kappa shape index (κ2) is 6.93. The summed E-state index contributed by atoms with van der Waals surface area (Å²) in [6, 6.07) is 7.41. The molecule has 0 bridgehead atoms. The summed E-state index contributed by atoms with van der Waals surface area (Å²) in [4.78, 5) is 18.5. The molecule has 1 N–H and O–H groups in total. The molecule has 1 aliphatic heterocycles. The number of ether oxygens (including phenoxy) is 1. The van der Waals surface area contributed by atoms with Gasteiger partial charge in [-0.15, -0.1) is 0 Å². The maximum absolute atomic E-state index is 12.8. The summed E-state index contributed by atoms with van der Waals surface area (Å²) in [6.45, 7) is 1.15. The van der Waals surface area contributed by atoms with Crippen molar-refractivity contribution in [3.05, 3.63) is 54.1 Å². The molecule has 2 aromatic rings. The molecule has 6 nitrogen and oxygen atoms in total. The number of benzene rings is 1. The quantitative estimate of drug-likeness (QED) is 0.899. The van der Waals surface area contributed by atoms with Crippen molar-refractivity contribution in [2.75, 3.05) is 20.3 Å². The Morgan fingerprint density at radius 1 is 1.48 bits per heavy atom. The molecular formula is C17H21N3O3. The molecule has 6 heteroatoms. The van der Waals surface area contributed by atoms with Crippen molar-refractivity contribution in [1.29, 1.82) is 0 Å². The summed E-state index contributed by atoms with van der Waals surface area (Å²) in [5.74, 6) is -0.0592. The van der Waals surface area contributed by atoms with Crippen LogP contribution in [0.15, 0.2) is 43.0 Å². The Morgan fingerprint density at radius 3 is 3.04 bits per heavy atom. The van der Waals surface area contributed by atoms with Gasteiger partial charge in [0.15, 0.2) is 0 Å². The molecule has 2 atom stereocenters. The third-order valence-electron chi connectivity index (χ3n) is 4.28. The molecule has 1 fully saturated rings. The largest absolute Gasteiger partial charge is 0.394 e. The van der Waals surface area contributed by atoms with E-state index in [0.717, 1.165) is 5.56 Å². The van der Waals surface area contributed by atoms with Crippen molar-refractivity contribution in [1.82, 2.24) is 14.5 Å². The standard InChI is InChI=1S/C17H21N3O3/c1-23-16-8-15(11-21)20(10-16)17(22)14-4-2-3-13(7-14)9-19-6-5-18-12-19/h2-7,12,15-16,21H,8-11H2,1H3/t15-,16+/m0/s1. The average molecular weight is 315 g/mol. The molecule has 1 aliphatic rings. The minimum Gasteiger partial charge on any atom is -0.394 e. The van der Waals surface area contributed by atoms with E-state index >= 15 is 0 Å². The Balaban J connectivity index is 1.77. The summed E-state index contributed by atoms with van der Waals surface area (Å²) in [6.07, 6.45) is 6.04. The van der Waals surface area contributed by atoms with Gasteiger partial charge in [-0.2, -0.15) is 0 Å². The topological polar surface area (TPSA) is 67.6 Å². The zero-order chi connectivity index (χ0) is 16.2. The predicted molar refractivity (Wildman–Crippen MR) is 85.1 cm³/mol. The Kier molecular flexibility index (Phi) is 4.73. The van der Waals surface area contributed by atoms with Gasteiger partial charge in [0.05, 0.1) is 25.1 Å². The van der Waals surface area contributed by atoms with Gasteiger partial charge in [0.1, 0.15) is 0 Å². The molecule has 0 saturated carbocycles. The number of rotatable bonds is 5. The molecule has 1 saturated heterocycles. The number of carbonyl (C=O) groups is 1. The first kappa shape index (κ1) is 15.7. The van der Waals surface area contributed by atoms with Crippen LogP contribution in [-0.2, 0) is 11.3 Å². The van der Waals surface area contributed by atoms with Crippen LogP contribution in [-0.4, -0.2) is 57.9 Å². The zero-order valence-corrected chi connectivity index (χ0v) is 13.1. The molecule has 1 aromatic carbocycles. The number of nitrogens with zero attached hydrogens (tertiary/aromatic N) is 3. The number of amides is 1. The van der Waals surface area contributed by atoms with Crippen molar-refractivity contribution < 1.29 is 14.6 Å². The molecule has 1 amide bonds. The van der Waals surface area contributed by atoms with E-state index in [0.29, 0.717) is 25.1 Å². The number of likely N-dealkylation sites (tertiary alicyclic amines) is 1. The molecule has 3 rings (SSSR count). The Morgan fingerprint density at radius 2 is 2.35 bits per heavy atom. The maximum Gasteiger partial charge on any atom is 0.254 e. The van der Waals surface area contributed by atoms with Gasteiger partial charge < -0.3 is 19.3 Å². The number of methoxy groups -OCH3 is 1. The molecule has 2 heterocycles. The first-order valence-corrected chi connectivity index (χ1v) is 7.70. The molecule has 0 radical (unpaired) electrons. The second-order valence-electron chi connectivity index (χ2n) is 5.82. The normalized spacial score (nSPS) is 20.9. The van der Waals surface area contributed by atoms with Crippen LogP contribution in [0.4, 0.5) is 0 Å².